The average Bonchev–Trinajstić information content (AvgIpc) is 2.68. The maximum atomic E-state index is 12.8. The highest BCUT2D eigenvalue weighted by molar-refractivity contribution is 5.96. The van der Waals surface area contributed by atoms with Crippen molar-refractivity contribution in [2.24, 2.45) is 28.9 Å². The van der Waals surface area contributed by atoms with Crippen molar-refractivity contribution in [3.8, 4) is 0 Å². The lowest BCUT2D eigenvalue weighted by Gasteiger charge is -2.25. The number of carbonyl (C=O) groups is 7. The van der Waals surface area contributed by atoms with Gasteiger partial charge in [-0.3, -0.25) is 28.8 Å². The first-order chi connectivity index (χ1) is 15.6. The van der Waals surface area contributed by atoms with Gasteiger partial charge in [0.05, 0.1) is 18.9 Å². The van der Waals surface area contributed by atoms with Gasteiger partial charge in [-0.05, 0) is 18.8 Å². The van der Waals surface area contributed by atoms with Gasteiger partial charge in [-0.1, -0.05) is 13.8 Å². The first kappa shape index (κ1) is 30.2. The van der Waals surface area contributed by atoms with E-state index in [-0.39, 0.29) is 25.2 Å². The molecule has 34 heavy (non-hydrogen) atoms. The highest BCUT2D eigenvalue weighted by Gasteiger charge is 2.31. The molecule has 0 radical (unpaired) electrons. The Bertz CT molecular complexity index is 802. The van der Waals surface area contributed by atoms with Crippen molar-refractivity contribution in [1.82, 2.24) is 16.0 Å². The Hall–Kier alpha value is -3.75. The van der Waals surface area contributed by atoms with Crippen molar-refractivity contribution in [3.63, 3.8) is 0 Å². The van der Waals surface area contributed by atoms with Gasteiger partial charge < -0.3 is 44.0 Å². The number of amides is 6. The van der Waals surface area contributed by atoms with E-state index in [2.05, 4.69) is 16.0 Å². The van der Waals surface area contributed by atoms with Gasteiger partial charge in [0.15, 0.2) is 0 Å². The monoisotopic (exact) mass is 487 g/mol. The minimum atomic E-state index is -1.53. The predicted octanol–water partition coefficient (Wildman–Crippen LogP) is -4.08. The Labute approximate surface area is 195 Å². The smallest absolute Gasteiger partial charge is 0.326 e. The Morgan fingerprint density at radius 1 is 0.706 bits per heavy atom. The number of nitrogens with two attached hydrogens (primary N) is 4. The molecule has 0 aromatic carbocycles. The largest absolute Gasteiger partial charge is 0.480 e. The zero-order valence-electron chi connectivity index (χ0n) is 19.0. The average molecular weight is 488 g/mol. The maximum absolute atomic E-state index is 12.8. The van der Waals surface area contributed by atoms with Crippen LogP contribution < -0.4 is 38.9 Å². The molecule has 4 unspecified atom stereocenters. The van der Waals surface area contributed by atoms with E-state index in [1.54, 1.807) is 13.8 Å². The van der Waals surface area contributed by atoms with Crippen molar-refractivity contribution in [2.45, 2.75) is 70.1 Å². The topological polar surface area (TPSA) is 280 Å². The molecule has 0 aliphatic heterocycles. The molecule has 0 aliphatic rings. The van der Waals surface area contributed by atoms with Crippen LogP contribution in [0, 0.1) is 5.92 Å². The second-order valence-electron chi connectivity index (χ2n) is 8.10. The van der Waals surface area contributed by atoms with Gasteiger partial charge in [0, 0.05) is 6.42 Å². The van der Waals surface area contributed by atoms with Crippen LogP contribution in [-0.2, 0) is 33.6 Å². The van der Waals surface area contributed by atoms with Crippen molar-refractivity contribution >= 4 is 41.4 Å². The van der Waals surface area contributed by atoms with E-state index in [0.29, 0.717) is 0 Å². The molecule has 0 saturated carbocycles. The minimum Gasteiger partial charge on any atom is -0.480 e. The lowest BCUT2D eigenvalue weighted by molar-refractivity contribution is -0.143. The number of carboxylic acid groups (broad SMARTS) is 1. The van der Waals surface area contributed by atoms with Gasteiger partial charge in [-0.2, -0.15) is 0 Å². The second-order valence-corrected chi connectivity index (χ2v) is 8.10. The van der Waals surface area contributed by atoms with Crippen LogP contribution in [0.15, 0.2) is 0 Å². The molecule has 192 valence electrons. The molecule has 0 rings (SSSR count). The molecule has 12 N–H and O–H groups in total. The van der Waals surface area contributed by atoms with Gasteiger partial charge in [0.1, 0.15) is 18.1 Å². The lowest BCUT2D eigenvalue weighted by atomic mass is 10.0. The normalized spacial score (nSPS) is 14.2. The maximum Gasteiger partial charge on any atom is 0.326 e. The van der Waals surface area contributed by atoms with E-state index in [9.17, 15) is 38.7 Å². The molecule has 0 heterocycles. The fourth-order valence-electron chi connectivity index (χ4n) is 2.79. The van der Waals surface area contributed by atoms with Gasteiger partial charge in [0.25, 0.3) is 0 Å². The molecule has 15 heteroatoms. The number of hydrogen-bond donors (Lipinski definition) is 8. The number of rotatable bonds is 16. The summed E-state index contributed by atoms with van der Waals surface area (Å²) in [6.45, 7) is 3.47. The van der Waals surface area contributed by atoms with Crippen LogP contribution in [0.2, 0.25) is 0 Å². The molecule has 6 amide bonds. The molecule has 0 saturated heterocycles. The third kappa shape index (κ3) is 12.3. The number of hydrogen-bond acceptors (Lipinski definition) is 8. The molecular formula is C19H33N7O8. The summed E-state index contributed by atoms with van der Waals surface area (Å²) in [6.07, 6.45) is -1.66. The standard InChI is InChI=1S/C19H33N7O8/c1-8(2)5-11(17(31)24-10(19(33)34)3-4-13(21)27)26-18(32)12(7-15(23)29)25-16(30)9(20)6-14(22)28/h8-12H,3-7,20H2,1-2H3,(H2,21,27)(H2,22,28)(H2,23,29)(H,24,31)(H,25,30)(H,26,32)(H,33,34). The van der Waals surface area contributed by atoms with E-state index in [4.69, 9.17) is 22.9 Å². The van der Waals surface area contributed by atoms with Gasteiger partial charge in [-0.15, -0.1) is 0 Å². The Balaban J connectivity index is 5.54. The molecule has 0 aromatic heterocycles. The fourth-order valence-corrected chi connectivity index (χ4v) is 2.79. The number of carbonyl (C=O) groups excluding carboxylic acids is 6. The van der Waals surface area contributed by atoms with Gasteiger partial charge >= 0.3 is 5.97 Å². The number of nitrogens with one attached hydrogen (secondary N) is 3. The second kappa shape index (κ2) is 14.4. The molecule has 4 atom stereocenters. The van der Waals surface area contributed by atoms with Crippen LogP contribution in [0.3, 0.4) is 0 Å². The summed E-state index contributed by atoms with van der Waals surface area (Å²) in [4.78, 5) is 82.3. The molecule has 0 bridgehead atoms. The van der Waals surface area contributed by atoms with Crippen LogP contribution in [-0.4, -0.2) is 70.7 Å². The quantitative estimate of drug-likeness (QED) is 0.105. The fraction of sp³-hybridized carbons (Fsp3) is 0.632. The molecular weight excluding hydrogens is 454 g/mol. The van der Waals surface area contributed by atoms with Crippen molar-refractivity contribution < 1.29 is 38.7 Å². The lowest BCUT2D eigenvalue weighted by Crippen LogP contribution is -2.58. The molecule has 0 aromatic rings. The van der Waals surface area contributed by atoms with Gasteiger partial charge in [-0.25, -0.2) is 4.79 Å². The van der Waals surface area contributed by atoms with E-state index in [1.807, 2.05) is 0 Å². The summed E-state index contributed by atoms with van der Waals surface area (Å²) >= 11 is 0. The van der Waals surface area contributed by atoms with E-state index in [0.717, 1.165) is 0 Å². The van der Waals surface area contributed by atoms with E-state index in [1.165, 1.54) is 0 Å². The van der Waals surface area contributed by atoms with Crippen molar-refractivity contribution in [3.05, 3.63) is 0 Å². The highest BCUT2D eigenvalue weighted by atomic mass is 16.4. The van der Waals surface area contributed by atoms with Crippen LogP contribution in [0.4, 0.5) is 0 Å². The molecule has 15 nitrogen and oxygen atoms in total. The number of aliphatic carboxylic acids is 1. The minimum absolute atomic E-state index is 0.0676. The SMILES string of the molecule is CC(C)CC(NC(=O)C(CC(N)=O)NC(=O)C(N)CC(N)=O)C(=O)NC(CCC(N)=O)C(=O)O. The van der Waals surface area contributed by atoms with Crippen LogP contribution in [0.25, 0.3) is 0 Å². The van der Waals surface area contributed by atoms with Crippen LogP contribution >= 0.6 is 0 Å². The summed E-state index contributed by atoms with van der Waals surface area (Å²) in [5, 5.41) is 16.1. The number of carboxylic acids is 1. The summed E-state index contributed by atoms with van der Waals surface area (Å²) < 4.78 is 0. The predicted molar refractivity (Wildman–Crippen MR) is 117 cm³/mol. The Morgan fingerprint density at radius 2 is 1.18 bits per heavy atom. The Morgan fingerprint density at radius 3 is 1.62 bits per heavy atom. The first-order valence-corrected chi connectivity index (χ1v) is 10.4. The molecule has 0 aliphatic carbocycles. The zero-order chi connectivity index (χ0) is 26.6. The van der Waals surface area contributed by atoms with Crippen LogP contribution in [0.5, 0.6) is 0 Å². The Kier molecular flexibility index (Phi) is 12.8. The van der Waals surface area contributed by atoms with Gasteiger partial charge in [0.2, 0.25) is 35.4 Å². The summed E-state index contributed by atoms with van der Waals surface area (Å²) in [5.74, 6) is -6.92. The third-order valence-electron chi connectivity index (χ3n) is 4.43. The molecule has 0 spiro atoms. The van der Waals surface area contributed by atoms with Crippen molar-refractivity contribution in [1.29, 1.82) is 0 Å². The van der Waals surface area contributed by atoms with E-state index >= 15 is 0 Å². The molecule has 0 fully saturated rings. The first-order valence-electron chi connectivity index (χ1n) is 10.4. The third-order valence-corrected chi connectivity index (χ3v) is 4.43. The summed E-state index contributed by atoms with van der Waals surface area (Å²) in [5.41, 5.74) is 20.7. The number of primary amides is 3. The van der Waals surface area contributed by atoms with E-state index < -0.39 is 78.4 Å². The van der Waals surface area contributed by atoms with Crippen molar-refractivity contribution in [2.75, 3.05) is 0 Å². The zero-order valence-corrected chi connectivity index (χ0v) is 19.0. The highest BCUT2D eigenvalue weighted by Crippen LogP contribution is 2.08. The van der Waals surface area contributed by atoms with Crippen LogP contribution in [0.1, 0.15) is 46.0 Å². The summed E-state index contributed by atoms with van der Waals surface area (Å²) in [7, 11) is 0. The summed E-state index contributed by atoms with van der Waals surface area (Å²) in [6, 6.07) is -5.62.